The fourth-order valence-electron chi connectivity index (χ4n) is 1.95. The van der Waals surface area contributed by atoms with E-state index in [9.17, 15) is 5.11 Å². The predicted octanol–water partition coefficient (Wildman–Crippen LogP) is 2.14. The number of aromatic nitrogens is 1. The Bertz CT molecular complexity index is 506. The number of hydrogen-bond acceptors (Lipinski definition) is 3. The number of nitrogens with zero attached hydrogens (tertiary/aromatic N) is 1. The van der Waals surface area contributed by atoms with Crippen molar-refractivity contribution in [1.82, 2.24) is 4.98 Å². The maximum Gasteiger partial charge on any atom is 0.121 e. The Kier molecular flexibility index (Phi) is 2.26. The summed E-state index contributed by atoms with van der Waals surface area (Å²) >= 11 is 0. The molecule has 1 aliphatic carbocycles. The molecule has 3 rings (SSSR count). The molecule has 0 atom stereocenters. The van der Waals surface area contributed by atoms with Gasteiger partial charge in [0.1, 0.15) is 11.9 Å². The molecule has 0 amide bonds. The fraction of sp³-hybridized carbons (Fsp3) is 0.308. The molecule has 16 heavy (non-hydrogen) atoms. The Morgan fingerprint density at radius 2 is 2.12 bits per heavy atom. The summed E-state index contributed by atoms with van der Waals surface area (Å²) in [6, 6.07) is 9.85. The van der Waals surface area contributed by atoms with Gasteiger partial charge >= 0.3 is 0 Å². The van der Waals surface area contributed by atoms with E-state index < -0.39 is 0 Å². The van der Waals surface area contributed by atoms with Gasteiger partial charge in [0.05, 0.1) is 11.6 Å². The van der Waals surface area contributed by atoms with Gasteiger partial charge < -0.3 is 9.84 Å². The number of aliphatic hydroxyl groups is 1. The van der Waals surface area contributed by atoms with E-state index in [2.05, 4.69) is 4.98 Å². The van der Waals surface area contributed by atoms with Gasteiger partial charge in [-0.15, -0.1) is 0 Å². The Balaban J connectivity index is 1.82. The van der Waals surface area contributed by atoms with Crippen molar-refractivity contribution in [3.05, 3.63) is 36.5 Å². The van der Waals surface area contributed by atoms with Gasteiger partial charge in [0.15, 0.2) is 0 Å². The molecule has 0 spiro atoms. The van der Waals surface area contributed by atoms with Crippen LogP contribution >= 0.6 is 0 Å². The average Bonchev–Trinajstić information content (AvgIpc) is 2.27. The molecule has 0 radical (unpaired) electrons. The van der Waals surface area contributed by atoms with Crippen molar-refractivity contribution in [3.63, 3.8) is 0 Å². The number of hydrogen-bond donors (Lipinski definition) is 1. The van der Waals surface area contributed by atoms with Crippen molar-refractivity contribution in [2.24, 2.45) is 0 Å². The smallest absolute Gasteiger partial charge is 0.121 e. The van der Waals surface area contributed by atoms with Crippen molar-refractivity contribution in [2.45, 2.75) is 25.0 Å². The van der Waals surface area contributed by atoms with Crippen LogP contribution in [0, 0.1) is 0 Å². The summed E-state index contributed by atoms with van der Waals surface area (Å²) in [6.07, 6.45) is 3.24. The summed E-state index contributed by atoms with van der Waals surface area (Å²) in [5.41, 5.74) is 0.944. The normalized spacial score (nSPS) is 24.1. The lowest BCUT2D eigenvalue weighted by Gasteiger charge is -2.31. The quantitative estimate of drug-likeness (QED) is 0.834. The van der Waals surface area contributed by atoms with E-state index >= 15 is 0 Å². The lowest BCUT2D eigenvalue weighted by atomic mass is 9.92. The van der Waals surface area contributed by atoms with Crippen LogP contribution in [0.2, 0.25) is 0 Å². The predicted molar refractivity (Wildman–Crippen MR) is 61.4 cm³/mol. The van der Waals surface area contributed by atoms with E-state index in [4.69, 9.17) is 4.74 Å². The first-order valence-electron chi connectivity index (χ1n) is 5.51. The highest BCUT2D eigenvalue weighted by atomic mass is 16.5. The molecule has 3 nitrogen and oxygen atoms in total. The van der Waals surface area contributed by atoms with Crippen molar-refractivity contribution >= 4 is 10.9 Å². The van der Waals surface area contributed by atoms with Gasteiger partial charge in [-0.05, 0) is 18.2 Å². The van der Waals surface area contributed by atoms with Gasteiger partial charge in [-0.25, -0.2) is 0 Å². The SMILES string of the molecule is OC1CC(Oc2ccc3cccnc3c2)C1. The molecular formula is C13H13NO2. The minimum atomic E-state index is -0.177. The highest BCUT2D eigenvalue weighted by Gasteiger charge is 2.28. The van der Waals surface area contributed by atoms with Crippen LogP contribution in [0.15, 0.2) is 36.5 Å². The van der Waals surface area contributed by atoms with E-state index in [1.807, 2.05) is 30.3 Å². The molecule has 1 aromatic carbocycles. The molecule has 1 fully saturated rings. The maximum absolute atomic E-state index is 9.18. The molecular weight excluding hydrogens is 202 g/mol. The summed E-state index contributed by atoms with van der Waals surface area (Å²) in [5.74, 6) is 0.836. The Hall–Kier alpha value is -1.61. The second kappa shape index (κ2) is 3.76. The van der Waals surface area contributed by atoms with Crippen LogP contribution < -0.4 is 4.74 Å². The van der Waals surface area contributed by atoms with Gasteiger partial charge in [-0.2, -0.15) is 0 Å². The van der Waals surface area contributed by atoms with Gasteiger partial charge in [0, 0.05) is 30.5 Å². The van der Waals surface area contributed by atoms with E-state index in [1.165, 1.54) is 0 Å². The lowest BCUT2D eigenvalue weighted by molar-refractivity contribution is -0.0107. The molecule has 82 valence electrons. The molecule has 0 bridgehead atoms. The van der Waals surface area contributed by atoms with Crippen molar-refractivity contribution in [3.8, 4) is 5.75 Å². The standard InChI is InChI=1S/C13H13NO2/c15-10-6-12(7-10)16-11-4-3-9-2-1-5-14-13(9)8-11/h1-5,8,10,12,15H,6-7H2. The van der Waals surface area contributed by atoms with E-state index in [1.54, 1.807) is 6.20 Å². The molecule has 3 heteroatoms. The minimum Gasteiger partial charge on any atom is -0.490 e. The third-order valence-electron chi connectivity index (χ3n) is 2.95. The third kappa shape index (κ3) is 1.74. The Labute approximate surface area is 93.7 Å². The lowest BCUT2D eigenvalue weighted by Crippen LogP contribution is -2.37. The molecule has 1 N–H and O–H groups in total. The van der Waals surface area contributed by atoms with Crippen LogP contribution in [-0.2, 0) is 0 Å². The number of benzene rings is 1. The summed E-state index contributed by atoms with van der Waals surface area (Å²) in [6.45, 7) is 0. The molecule has 0 saturated heterocycles. The first-order valence-corrected chi connectivity index (χ1v) is 5.51. The first-order chi connectivity index (χ1) is 7.81. The van der Waals surface area contributed by atoms with Crippen LogP contribution in [0.3, 0.4) is 0 Å². The molecule has 1 aromatic heterocycles. The van der Waals surface area contributed by atoms with Gasteiger partial charge in [0.25, 0.3) is 0 Å². The zero-order valence-corrected chi connectivity index (χ0v) is 8.84. The second-order valence-electron chi connectivity index (χ2n) is 4.22. The van der Waals surface area contributed by atoms with Gasteiger partial charge in [0.2, 0.25) is 0 Å². The topological polar surface area (TPSA) is 42.4 Å². The van der Waals surface area contributed by atoms with Gasteiger partial charge in [-0.3, -0.25) is 4.98 Å². The molecule has 1 saturated carbocycles. The summed E-state index contributed by atoms with van der Waals surface area (Å²) < 4.78 is 5.73. The summed E-state index contributed by atoms with van der Waals surface area (Å²) in [7, 11) is 0. The minimum absolute atomic E-state index is 0.163. The van der Waals surface area contributed by atoms with Crippen LogP contribution in [0.1, 0.15) is 12.8 Å². The van der Waals surface area contributed by atoms with Crippen LogP contribution in [0.4, 0.5) is 0 Å². The highest BCUT2D eigenvalue weighted by molar-refractivity contribution is 5.79. The monoisotopic (exact) mass is 215 g/mol. The highest BCUT2D eigenvalue weighted by Crippen LogP contribution is 2.27. The number of fused-ring (bicyclic) bond motifs is 1. The van der Waals surface area contributed by atoms with Crippen LogP contribution in [0.25, 0.3) is 10.9 Å². The molecule has 0 unspecified atom stereocenters. The molecule has 1 heterocycles. The average molecular weight is 215 g/mol. The van der Waals surface area contributed by atoms with E-state index in [0.29, 0.717) is 0 Å². The van der Waals surface area contributed by atoms with E-state index in [-0.39, 0.29) is 12.2 Å². The largest absolute Gasteiger partial charge is 0.490 e. The summed E-state index contributed by atoms with van der Waals surface area (Å²) in [4.78, 5) is 4.28. The fourth-order valence-corrected chi connectivity index (χ4v) is 1.95. The van der Waals surface area contributed by atoms with Crippen LogP contribution in [0.5, 0.6) is 5.75 Å². The molecule has 0 aliphatic heterocycles. The Morgan fingerprint density at radius 1 is 1.25 bits per heavy atom. The maximum atomic E-state index is 9.18. The van der Waals surface area contributed by atoms with Crippen LogP contribution in [-0.4, -0.2) is 22.3 Å². The number of rotatable bonds is 2. The number of aliphatic hydroxyl groups excluding tert-OH is 1. The van der Waals surface area contributed by atoms with E-state index in [0.717, 1.165) is 29.5 Å². The molecule has 1 aliphatic rings. The molecule has 2 aromatic rings. The number of pyridine rings is 1. The zero-order chi connectivity index (χ0) is 11.0. The first kappa shape index (κ1) is 9.60. The van der Waals surface area contributed by atoms with Crippen molar-refractivity contribution in [2.75, 3.05) is 0 Å². The number of ether oxygens (including phenoxy) is 1. The van der Waals surface area contributed by atoms with Crippen molar-refractivity contribution in [1.29, 1.82) is 0 Å². The van der Waals surface area contributed by atoms with Crippen molar-refractivity contribution < 1.29 is 9.84 Å². The third-order valence-corrected chi connectivity index (χ3v) is 2.95. The second-order valence-corrected chi connectivity index (χ2v) is 4.22. The van der Waals surface area contributed by atoms with Gasteiger partial charge in [-0.1, -0.05) is 6.07 Å². The summed E-state index contributed by atoms with van der Waals surface area (Å²) in [5, 5.41) is 10.3. The Morgan fingerprint density at radius 3 is 2.94 bits per heavy atom. The zero-order valence-electron chi connectivity index (χ0n) is 8.84.